The second kappa shape index (κ2) is 9.53. The number of ether oxygens (including phenoxy) is 1. The summed E-state index contributed by atoms with van der Waals surface area (Å²) >= 11 is 0. The maximum absolute atomic E-state index is 12.0. The van der Waals surface area contributed by atoms with Crippen LogP contribution in [-0.4, -0.2) is 13.1 Å². The van der Waals surface area contributed by atoms with Crippen molar-refractivity contribution in [2.45, 2.75) is 112 Å². The van der Waals surface area contributed by atoms with Gasteiger partial charge in [-0.15, -0.1) is 0 Å². The van der Waals surface area contributed by atoms with Crippen LogP contribution in [0.4, 0.5) is 0 Å². The van der Waals surface area contributed by atoms with Crippen molar-refractivity contribution in [1.82, 2.24) is 0 Å². The molecule has 0 amide bonds. The molecule has 4 aliphatic carbocycles. The first-order valence-corrected chi connectivity index (χ1v) is 13.4. The summed E-state index contributed by atoms with van der Waals surface area (Å²) in [7, 11) is 1.53. The maximum Gasteiger partial charge on any atom is 0.308 e. The smallest absolute Gasteiger partial charge is 0.308 e. The van der Waals surface area contributed by atoms with Gasteiger partial charge in [0.2, 0.25) is 0 Å². The summed E-state index contributed by atoms with van der Waals surface area (Å²) < 4.78 is 5.00. The highest BCUT2D eigenvalue weighted by Crippen LogP contribution is 2.68. The monoisotopic (exact) mass is 418 g/mol. The first-order valence-electron chi connectivity index (χ1n) is 13.4. The van der Waals surface area contributed by atoms with E-state index in [1.165, 1.54) is 71.3 Å². The molecular weight excluding hydrogens is 368 g/mol. The standard InChI is InChI=1S/C26H44O2.C2H6/c1-17(16-18(2)24(27)28-5)21-11-12-22-20-10-9-19-8-6-7-14-25(19,3)23(20)13-15-26(21,22)4;1-2/h17-23H,6-16H2,1-5H3;1-2H3/t17-,18?,19?,20?,21?,22?,23?,25?,26?;/m1./s1. The zero-order valence-corrected chi connectivity index (χ0v) is 21.1. The summed E-state index contributed by atoms with van der Waals surface area (Å²) in [4.78, 5) is 12.0. The van der Waals surface area contributed by atoms with Crippen LogP contribution in [0.25, 0.3) is 0 Å². The van der Waals surface area contributed by atoms with Gasteiger partial charge in [-0.05, 0) is 104 Å². The normalized spacial score (nSPS) is 44.4. The lowest BCUT2D eigenvalue weighted by Gasteiger charge is -2.61. The molecule has 0 heterocycles. The zero-order chi connectivity index (χ0) is 22.1. The van der Waals surface area contributed by atoms with E-state index >= 15 is 0 Å². The largest absolute Gasteiger partial charge is 0.469 e. The summed E-state index contributed by atoms with van der Waals surface area (Å²) in [6, 6.07) is 0. The first-order chi connectivity index (χ1) is 14.3. The minimum Gasteiger partial charge on any atom is -0.469 e. The number of hydrogen-bond donors (Lipinski definition) is 0. The van der Waals surface area contributed by atoms with Gasteiger partial charge in [0.05, 0.1) is 13.0 Å². The summed E-state index contributed by atoms with van der Waals surface area (Å²) in [6.07, 6.45) is 15.7. The average Bonchev–Trinajstić information content (AvgIpc) is 3.11. The van der Waals surface area contributed by atoms with Crippen molar-refractivity contribution in [3.05, 3.63) is 0 Å². The Labute approximate surface area is 187 Å². The van der Waals surface area contributed by atoms with Gasteiger partial charge in [-0.25, -0.2) is 0 Å². The molecule has 2 nitrogen and oxygen atoms in total. The second-order valence-electron chi connectivity index (χ2n) is 11.8. The third kappa shape index (κ3) is 3.99. The lowest BCUT2D eigenvalue weighted by Crippen LogP contribution is -2.53. The molecule has 4 aliphatic rings. The maximum atomic E-state index is 12.0. The van der Waals surface area contributed by atoms with E-state index in [-0.39, 0.29) is 11.9 Å². The Bertz CT molecular complexity index is 585. The van der Waals surface area contributed by atoms with E-state index < -0.39 is 0 Å². The van der Waals surface area contributed by atoms with Crippen LogP contribution in [0.1, 0.15) is 112 Å². The number of rotatable bonds is 4. The molecule has 2 heteroatoms. The van der Waals surface area contributed by atoms with Gasteiger partial charge < -0.3 is 4.74 Å². The van der Waals surface area contributed by atoms with Gasteiger partial charge in [-0.1, -0.05) is 54.4 Å². The van der Waals surface area contributed by atoms with Crippen LogP contribution in [0.15, 0.2) is 0 Å². The van der Waals surface area contributed by atoms with Crippen LogP contribution >= 0.6 is 0 Å². The molecule has 8 unspecified atom stereocenters. The van der Waals surface area contributed by atoms with Crippen LogP contribution in [0.5, 0.6) is 0 Å². The number of esters is 1. The van der Waals surface area contributed by atoms with Crippen LogP contribution in [-0.2, 0) is 9.53 Å². The molecule has 4 rings (SSSR count). The number of carbonyl (C=O) groups excluding carboxylic acids is 1. The second-order valence-corrected chi connectivity index (χ2v) is 11.8. The van der Waals surface area contributed by atoms with Crippen molar-refractivity contribution in [3.8, 4) is 0 Å². The average molecular weight is 419 g/mol. The van der Waals surface area contributed by atoms with Crippen molar-refractivity contribution in [3.63, 3.8) is 0 Å². The zero-order valence-electron chi connectivity index (χ0n) is 21.1. The molecule has 4 fully saturated rings. The number of fused-ring (bicyclic) bond motifs is 5. The van der Waals surface area contributed by atoms with Crippen LogP contribution < -0.4 is 0 Å². The Hall–Kier alpha value is -0.530. The third-order valence-corrected chi connectivity index (χ3v) is 10.7. The van der Waals surface area contributed by atoms with E-state index in [1.54, 1.807) is 0 Å². The molecule has 0 spiro atoms. The summed E-state index contributed by atoms with van der Waals surface area (Å²) in [5.74, 6) is 5.36. The first kappa shape index (κ1) is 24.1. The van der Waals surface area contributed by atoms with Crippen molar-refractivity contribution in [2.75, 3.05) is 7.11 Å². The molecule has 0 bridgehead atoms. The van der Waals surface area contributed by atoms with Crippen molar-refractivity contribution >= 4 is 5.97 Å². The Morgan fingerprint density at radius 1 is 0.900 bits per heavy atom. The van der Waals surface area contributed by atoms with Gasteiger partial charge in [-0.2, -0.15) is 0 Å². The van der Waals surface area contributed by atoms with E-state index in [4.69, 9.17) is 4.74 Å². The fourth-order valence-electron chi connectivity index (χ4n) is 9.29. The third-order valence-electron chi connectivity index (χ3n) is 10.7. The van der Waals surface area contributed by atoms with E-state index in [2.05, 4.69) is 27.7 Å². The Morgan fingerprint density at radius 3 is 2.30 bits per heavy atom. The van der Waals surface area contributed by atoms with Crippen LogP contribution in [0.3, 0.4) is 0 Å². The number of hydrogen-bond acceptors (Lipinski definition) is 2. The molecule has 30 heavy (non-hydrogen) atoms. The Kier molecular flexibility index (Phi) is 7.66. The fourth-order valence-corrected chi connectivity index (χ4v) is 9.29. The topological polar surface area (TPSA) is 26.3 Å². The van der Waals surface area contributed by atoms with E-state index in [0.29, 0.717) is 16.7 Å². The predicted molar refractivity (Wildman–Crippen MR) is 126 cm³/mol. The lowest BCUT2D eigenvalue weighted by atomic mass is 9.44. The summed E-state index contributed by atoms with van der Waals surface area (Å²) in [6.45, 7) is 13.8. The molecule has 174 valence electrons. The molecule has 0 radical (unpaired) electrons. The molecule has 9 atom stereocenters. The Balaban J connectivity index is 0.00000124. The van der Waals surface area contributed by atoms with Gasteiger partial charge in [0.25, 0.3) is 0 Å². The highest BCUT2D eigenvalue weighted by Gasteiger charge is 2.60. The van der Waals surface area contributed by atoms with Gasteiger partial charge >= 0.3 is 5.97 Å². The highest BCUT2D eigenvalue weighted by molar-refractivity contribution is 5.71. The minimum atomic E-state index is -0.0289. The predicted octanol–water partition coefficient (Wildman–Crippen LogP) is 7.90. The minimum absolute atomic E-state index is 0.0289. The molecule has 0 aromatic rings. The summed E-state index contributed by atoms with van der Waals surface area (Å²) in [5.41, 5.74) is 1.15. The van der Waals surface area contributed by atoms with E-state index in [9.17, 15) is 4.79 Å². The van der Waals surface area contributed by atoms with Gasteiger partial charge in [-0.3, -0.25) is 4.79 Å². The van der Waals surface area contributed by atoms with Gasteiger partial charge in [0.15, 0.2) is 0 Å². The van der Waals surface area contributed by atoms with E-state index in [1.807, 2.05) is 13.8 Å². The molecule has 0 saturated heterocycles. The molecule has 0 aliphatic heterocycles. The molecule has 0 aromatic heterocycles. The van der Waals surface area contributed by atoms with Crippen molar-refractivity contribution < 1.29 is 9.53 Å². The lowest BCUT2D eigenvalue weighted by molar-refractivity contribution is -0.146. The van der Waals surface area contributed by atoms with Crippen molar-refractivity contribution in [1.29, 1.82) is 0 Å². The summed E-state index contributed by atoms with van der Waals surface area (Å²) in [5, 5.41) is 0. The van der Waals surface area contributed by atoms with Crippen LogP contribution in [0, 0.1) is 52.3 Å². The molecule has 0 N–H and O–H groups in total. The molecule has 4 saturated carbocycles. The van der Waals surface area contributed by atoms with Crippen LogP contribution in [0.2, 0.25) is 0 Å². The fraction of sp³-hybridized carbons (Fsp3) is 0.964. The Morgan fingerprint density at radius 2 is 1.60 bits per heavy atom. The van der Waals surface area contributed by atoms with E-state index in [0.717, 1.165) is 36.0 Å². The highest BCUT2D eigenvalue weighted by atomic mass is 16.5. The molecule has 0 aromatic carbocycles. The quantitative estimate of drug-likeness (QED) is 0.434. The molecular formula is C28H50O2. The van der Waals surface area contributed by atoms with Gasteiger partial charge in [0, 0.05) is 0 Å². The number of methoxy groups -OCH3 is 1. The number of carbonyl (C=O) groups is 1. The SMILES string of the molecule is CC.COC(=O)C(C)C[C@@H](C)C1CCC2C3CCC4CCCCC4(C)C3CCC21C. The van der Waals surface area contributed by atoms with Gasteiger partial charge in [0.1, 0.15) is 0 Å². The van der Waals surface area contributed by atoms with Crippen molar-refractivity contribution in [2.24, 2.45) is 52.3 Å².